The minimum Gasteiger partial charge on any atom is -0.207 e. The van der Waals surface area contributed by atoms with E-state index < -0.39 is 17.5 Å². The maximum absolute atomic E-state index is 15.2. The van der Waals surface area contributed by atoms with E-state index in [9.17, 15) is 8.78 Å². The maximum Gasteiger partial charge on any atom is 0.137 e. The first kappa shape index (κ1) is 23.1. The number of hydrogen-bond acceptors (Lipinski definition) is 0. The van der Waals surface area contributed by atoms with Crippen molar-refractivity contribution in [2.75, 3.05) is 0 Å². The Morgan fingerprint density at radius 3 is 2.25 bits per heavy atom. The van der Waals surface area contributed by atoms with Crippen LogP contribution in [0.25, 0.3) is 11.1 Å². The average molecular weight is 441 g/mol. The van der Waals surface area contributed by atoms with Crippen molar-refractivity contribution in [3.05, 3.63) is 70.6 Å². The zero-order chi connectivity index (χ0) is 22.5. The van der Waals surface area contributed by atoms with Gasteiger partial charge in [0.1, 0.15) is 17.5 Å². The molecule has 4 rings (SSSR count). The van der Waals surface area contributed by atoms with Gasteiger partial charge in [-0.2, -0.15) is 0 Å². The molecule has 0 bridgehead atoms. The molecule has 0 unspecified atom stereocenters. The van der Waals surface area contributed by atoms with E-state index in [1.165, 1.54) is 93.7 Å². The Bertz CT molecular complexity index is 934. The Kier molecular flexibility index (Phi) is 7.75. The van der Waals surface area contributed by atoms with Gasteiger partial charge in [0, 0.05) is 0 Å². The molecule has 0 nitrogen and oxygen atoms in total. The summed E-state index contributed by atoms with van der Waals surface area (Å²) in [5.41, 5.74) is 3.00. The molecule has 2 aromatic carbocycles. The van der Waals surface area contributed by atoms with E-state index in [0.717, 1.165) is 23.8 Å². The molecule has 2 aliphatic rings. The molecule has 0 heterocycles. The van der Waals surface area contributed by atoms with Crippen molar-refractivity contribution in [1.82, 2.24) is 0 Å². The summed E-state index contributed by atoms with van der Waals surface area (Å²) < 4.78 is 43.2. The van der Waals surface area contributed by atoms with Gasteiger partial charge in [-0.15, -0.1) is 0 Å². The van der Waals surface area contributed by atoms with Crippen LogP contribution in [0.15, 0.2) is 42.0 Å². The summed E-state index contributed by atoms with van der Waals surface area (Å²) in [4.78, 5) is 0. The third-order valence-electron chi connectivity index (χ3n) is 7.61. The zero-order valence-corrected chi connectivity index (χ0v) is 19.2. The Balaban J connectivity index is 1.34. The number of fused-ring (bicyclic) bond motifs is 1. The fraction of sp³-hybridized carbons (Fsp3) is 0.517. The quantitative estimate of drug-likeness (QED) is 0.284. The minimum atomic E-state index is -0.560. The van der Waals surface area contributed by atoms with E-state index in [1.54, 1.807) is 0 Å². The molecule has 0 amide bonds. The molecule has 0 spiro atoms. The van der Waals surface area contributed by atoms with Crippen molar-refractivity contribution in [3.63, 3.8) is 0 Å². The van der Waals surface area contributed by atoms with Crippen LogP contribution in [0.4, 0.5) is 13.2 Å². The lowest BCUT2D eigenvalue weighted by atomic mass is 9.77. The fourth-order valence-corrected chi connectivity index (χ4v) is 5.60. The van der Waals surface area contributed by atoms with Crippen molar-refractivity contribution in [2.45, 2.75) is 84.0 Å². The molecule has 2 aliphatic carbocycles. The van der Waals surface area contributed by atoms with Gasteiger partial charge in [0.05, 0.1) is 5.56 Å². The van der Waals surface area contributed by atoms with Crippen LogP contribution in [-0.2, 0) is 12.8 Å². The van der Waals surface area contributed by atoms with E-state index >= 15 is 4.39 Å². The standard InChI is InChI=1S/C29H35F3/c1-2-3-4-5-20-6-8-21(9-7-20)10-11-22-12-17-26-24(18-22)19-27(31)28(29(26)32)23-13-15-25(30)16-14-23/h12-16,19-21H,2-11,17-18H2,1H3. The molecular formula is C29H35F3. The van der Waals surface area contributed by atoms with Crippen LogP contribution < -0.4 is 0 Å². The van der Waals surface area contributed by atoms with Crippen molar-refractivity contribution < 1.29 is 13.2 Å². The molecule has 1 fully saturated rings. The first-order chi connectivity index (χ1) is 15.5. The van der Waals surface area contributed by atoms with E-state index in [0.29, 0.717) is 24.0 Å². The summed E-state index contributed by atoms with van der Waals surface area (Å²) in [6, 6.07) is 6.85. The number of rotatable bonds is 8. The van der Waals surface area contributed by atoms with E-state index in [1.807, 2.05) is 0 Å². The van der Waals surface area contributed by atoms with Gasteiger partial charge in [0.2, 0.25) is 0 Å². The zero-order valence-electron chi connectivity index (χ0n) is 19.2. The maximum atomic E-state index is 15.2. The highest BCUT2D eigenvalue weighted by atomic mass is 19.1. The van der Waals surface area contributed by atoms with Crippen molar-refractivity contribution in [2.24, 2.45) is 11.8 Å². The largest absolute Gasteiger partial charge is 0.207 e. The predicted octanol–water partition coefficient (Wildman–Crippen LogP) is 8.96. The lowest BCUT2D eigenvalue weighted by Crippen LogP contribution is -2.15. The van der Waals surface area contributed by atoms with Gasteiger partial charge in [-0.1, -0.05) is 82.1 Å². The number of unbranched alkanes of at least 4 members (excludes halogenated alkanes) is 2. The highest BCUT2D eigenvalue weighted by molar-refractivity contribution is 5.67. The van der Waals surface area contributed by atoms with Crippen LogP contribution in [0, 0.1) is 29.3 Å². The Labute approximate surface area is 190 Å². The van der Waals surface area contributed by atoms with E-state index in [2.05, 4.69) is 13.0 Å². The third kappa shape index (κ3) is 5.47. The van der Waals surface area contributed by atoms with E-state index in [4.69, 9.17) is 0 Å². The Hall–Kier alpha value is -2.03. The van der Waals surface area contributed by atoms with Crippen LogP contribution in [0.5, 0.6) is 0 Å². The SMILES string of the molecule is CCCCCC1CCC(CCC2=CCc3c(cc(F)c(-c4ccc(F)cc4)c3F)C2)CC1. The topological polar surface area (TPSA) is 0 Å². The molecule has 0 atom stereocenters. The van der Waals surface area contributed by atoms with Crippen LogP contribution >= 0.6 is 0 Å². The first-order valence-corrected chi connectivity index (χ1v) is 12.5. The van der Waals surface area contributed by atoms with Crippen molar-refractivity contribution in [3.8, 4) is 11.1 Å². The minimum absolute atomic E-state index is 0.0451. The summed E-state index contributed by atoms with van der Waals surface area (Å²) in [7, 11) is 0. The number of halogens is 3. The highest BCUT2D eigenvalue weighted by Gasteiger charge is 2.24. The number of benzene rings is 2. The van der Waals surface area contributed by atoms with Gasteiger partial charge < -0.3 is 0 Å². The lowest BCUT2D eigenvalue weighted by molar-refractivity contribution is 0.249. The molecule has 32 heavy (non-hydrogen) atoms. The summed E-state index contributed by atoms with van der Waals surface area (Å²) in [5.74, 6) is 0.262. The fourth-order valence-electron chi connectivity index (χ4n) is 5.60. The molecule has 3 heteroatoms. The molecule has 0 N–H and O–H groups in total. The Morgan fingerprint density at radius 2 is 1.56 bits per heavy atom. The molecule has 0 saturated heterocycles. The van der Waals surface area contributed by atoms with Gasteiger partial charge in [-0.05, 0) is 72.4 Å². The van der Waals surface area contributed by atoms with Gasteiger partial charge in [-0.25, -0.2) is 13.2 Å². The smallest absolute Gasteiger partial charge is 0.137 e. The van der Waals surface area contributed by atoms with E-state index in [-0.39, 0.29) is 5.56 Å². The normalized spacial score (nSPS) is 20.7. The molecule has 0 aromatic heterocycles. The summed E-state index contributed by atoms with van der Waals surface area (Å²) in [6.07, 6.45) is 16.4. The molecule has 0 aliphatic heterocycles. The lowest BCUT2D eigenvalue weighted by Gasteiger charge is -2.29. The molecular weight excluding hydrogens is 405 g/mol. The van der Waals surface area contributed by atoms with Crippen LogP contribution in [0.1, 0.15) is 82.3 Å². The molecule has 0 radical (unpaired) electrons. The van der Waals surface area contributed by atoms with Gasteiger partial charge >= 0.3 is 0 Å². The Morgan fingerprint density at radius 1 is 0.875 bits per heavy atom. The summed E-state index contributed by atoms with van der Waals surface area (Å²) in [6.45, 7) is 2.27. The second-order valence-corrected chi connectivity index (χ2v) is 9.86. The third-order valence-corrected chi connectivity index (χ3v) is 7.61. The molecule has 2 aromatic rings. The van der Waals surface area contributed by atoms with Crippen LogP contribution in [0.2, 0.25) is 0 Å². The van der Waals surface area contributed by atoms with Crippen molar-refractivity contribution >= 4 is 0 Å². The number of hydrogen-bond donors (Lipinski definition) is 0. The highest BCUT2D eigenvalue weighted by Crippen LogP contribution is 2.37. The van der Waals surface area contributed by atoms with Crippen molar-refractivity contribution in [1.29, 1.82) is 0 Å². The van der Waals surface area contributed by atoms with Gasteiger partial charge in [0.25, 0.3) is 0 Å². The van der Waals surface area contributed by atoms with Gasteiger partial charge in [0.15, 0.2) is 0 Å². The second-order valence-electron chi connectivity index (χ2n) is 9.86. The predicted molar refractivity (Wildman–Crippen MR) is 126 cm³/mol. The second kappa shape index (κ2) is 10.7. The van der Waals surface area contributed by atoms with Crippen LogP contribution in [0.3, 0.4) is 0 Å². The first-order valence-electron chi connectivity index (χ1n) is 12.5. The number of allylic oxidation sites excluding steroid dienone is 2. The van der Waals surface area contributed by atoms with Gasteiger partial charge in [-0.3, -0.25) is 0 Å². The molecule has 172 valence electrons. The van der Waals surface area contributed by atoms with Crippen LogP contribution in [-0.4, -0.2) is 0 Å². The molecule has 1 saturated carbocycles. The summed E-state index contributed by atoms with van der Waals surface area (Å²) in [5, 5.41) is 0. The summed E-state index contributed by atoms with van der Waals surface area (Å²) >= 11 is 0. The average Bonchev–Trinajstić information content (AvgIpc) is 2.80. The monoisotopic (exact) mass is 440 g/mol.